The molecule has 0 unspecified atom stereocenters. The maximum absolute atomic E-state index is 12.2. The molecule has 2 aromatic rings. The summed E-state index contributed by atoms with van der Waals surface area (Å²) in [7, 11) is 0. The molecule has 3 rings (SSSR count). The Hall–Kier alpha value is -1.60. The van der Waals surface area contributed by atoms with Crippen LogP contribution in [0, 0.1) is 5.92 Å². The lowest BCUT2D eigenvalue weighted by Crippen LogP contribution is -2.41. The third kappa shape index (κ3) is 5.94. The molecule has 1 aromatic carbocycles. The largest absolute Gasteiger partial charge is 0.352 e. The summed E-state index contributed by atoms with van der Waals surface area (Å²) in [4.78, 5) is 12.2. The number of anilines is 2. The average Bonchev–Trinajstić information content (AvgIpc) is 3.10. The van der Waals surface area contributed by atoms with Crippen LogP contribution in [-0.2, 0) is 4.79 Å². The first-order valence-electron chi connectivity index (χ1n) is 9.64. The number of benzene rings is 1. The van der Waals surface area contributed by atoms with E-state index < -0.39 is 0 Å². The number of thioether (sulfide) groups is 1. The van der Waals surface area contributed by atoms with Gasteiger partial charge >= 0.3 is 0 Å². The maximum atomic E-state index is 12.2. The number of carbonyl (C=O) groups is 1. The summed E-state index contributed by atoms with van der Waals surface area (Å²) in [5, 5.41) is 15.6. The Balaban J connectivity index is 1.46. The molecular weight excluding hydrogens is 376 g/mol. The van der Waals surface area contributed by atoms with Gasteiger partial charge in [-0.25, -0.2) is 0 Å². The van der Waals surface area contributed by atoms with Gasteiger partial charge < -0.3 is 10.6 Å². The molecule has 1 aliphatic carbocycles. The third-order valence-corrected chi connectivity index (χ3v) is 6.99. The number of nitrogens with one attached hydrogen (secondary N) is 2. The van der Waals surface area contributed by atoms with Crippen molar-refractivity contribution in [2.75, 3.05) is 11.1 Å². The third-order valence-electron chi connectivity index (χ3n) is 5.02. The molecule has 5 nitrogen and oxygen atoms in total. The second-order valence-electron chi connectivity index (χ2n) is 7.50. The van der Waals surface area contributed by atoms with E-state index in [1.807, 2.05) is 0 Å². The van der Waals surface area contributed by atoms with Crippen molar-refractivity contribution in [1.29, 1.82) is 0 Å². The summed E-state index contributed by atoms with van der Waals surface area (Å²) in [6.07, 6.45) is 4.80. The molecule has 0 saturated heterocycles. The summed E-state index contributed by atoms with van der Waals surface area (Å²) in [5.74, 6) is 1.58. The van der Waals surface area contributed by atoms with E-state index in [-0.39, 0.29) is 5.91 Å². The molecule has 0 bridgehead atoms. The van der Waals surface area contributed by atoms with Gasteiger partial charge in [-0.1, -0.05) is 68.8 Å². The average molecular weight is 405 g/mol. The normalized spacial score (nSPS) is 19.9. The lowest BCUT2D eigenvalue weighted by atomic mass is 9.86. The molecule has 0 radical (unpaired) electrons. The number of hydrogen-bond donors (Lipinski definition) is 2. The minimum Gasteiger partial charge on any atom is -0.352 e. The molecule has 1 amide bonds. The Kier molecular flexibility index (Phi) is 7.13. The predicted octanol–water partition coefficient (Wildman–Crippen LogP) is 5.19. The molecule has 27 heavy (non-hydrogen) atoms. The van der Waals surface area contributed by atoms with Crippen molar-refractivity contribution >= 4 is 39.8 Å². The lowest BCUT2D eigenvalue weighted by molar-refractivity contribution is -0.119. The van der Waals surface area contributed by atoms with Crippen LogP contribution in [0.2, 0.25) is 0 Å². The van der Waals surface area contributed by atoms with E-state index >= 15 is 0 Å². The van der Waals surface area contributed by atoms with Crippen molar-refractivity contribution in [2.24, 2.45) is 5.92 Å². The van der Waals surface area contributed by atoms with E-state index in [9.17, 15) is 4.79 Å². The summed E-state index contributed by atoms with van der Waals surface area (Å²) < 4.78 is 0.808. The molecule has 0 spiro atoms. The van der Waals surface area contributed by atoms with Gasteiger partial charge in [0, 0.05) is 11.7 Å². The van der Waals surface area contributed by atoms with Crippen LogP contribution in [0.25, 0.3) is 0 Å². The van der Waals surface area contributed by atoms with Crippen LogP contribution in [0.3, 0.4) is 0 Å². The highest BCUT2D eigenvalue weighted by Crippen LogP contribution is 2.29. The smallest absolute Gasteiger partial charge is 0.230 e. The van der Waals surface area contributed by atoms with Crippen LogP contribution >= 0.6 is 23.1 Å². The molecule has 1 saturated carbocycles. The van der Waals surface area contributed by atoms with Crippen molar-refractivity contribution in [3.8, 4) is 0 Å². The summed E-state index contributed by atoms with van der Waals surface area (Å²) in [5.41, 5.74) is 2.31. The number of rotatable bonds is 7. The van der Waals surface area contributed by atoms with Crippen LogP contribution in [0.15, 0.2) is 28.6 Å². The van der Waals surface area contributed by atoms with Gasteiger partial charge in [0.05, 0.1) is 5.75 Å². The van der Waals surface area contributed by atoms with Crippen molar-refractivity contribution in [1.82, 2.24) is 15.5 Å². The monoisotopic (exact) mass is 404 g/mol. The van der Waals surface area contributed by atoms with Crippen molar-refractivity contribution < 1.29 is 4.79 Å². The van der Waals surface area contributed by atoms with E-state index in [0.29, 0.717) is 23.6 Å². The van der Waals surface area contributed by atoms with Crippen molar-refractivity contribution in [3.05, 3.63) is 29.8 Å². The number of nitrogens with zero attached hydrogens (tertiary/aromatic N) is 2. The van der Waals surface area contributed by atoms with E-state index in [0.717, 1.165) is 21.6 Å². The molecule has 1 aliphatic rings. The van der Waals surface area contributed by atoms with Crippen LogP contribution in [-0.4, -0.2) is 27.9 Å². The molecule has 2 N–H and O–H groups in total. The zero-order valence-corrected chi connectivity index (χ0v) is 17.8. The summed E-state index contributed by atoms with van der Waals surface area (Å²) in [6.45, 7) is 6.59. The first kappa shape index (κ1) is 20.1. The quantitative estimate of drug-likeness (QED) is 0.622. The zero-order chi connectivity index (χ0) is 19.2. The molecule has 1 heterocycles. The van der Waals surface area contributed by atoms with Gasteiger partial charge in [0.25, 0.3) is 0 Å². The van der Waals surface area contributed by atoms with E-state index in [1.165, 1.54) is 47.9 Å². The Morgan fingerprint density at radius 3 is 2.67 bits per heavy atom. The molecule has 1 fully saturated rings. The first-order valence-corrected chi connectivity index (χ1v) is 11.4. The van der Waals surface area contributed by atoms with Crippen molar-refractivity contribution in [2.45, 2.75) is 62.8 Å². The first-order chi connectivity index (χ1) is 13.0. The molecule has 1 aromatic heterocycles. The Morgan fingerprint density at radius 2 is 1.96 bits per heavy atom. The van der Waals surface area contributed by atoms with Gasteiger partial charge in [-0.2, -0.15) is 0 Å². The van der Waals surface area contributed by atoms with Gasteiger partial charge in [-0.05, 0) is 42.4 Å². The van der Waals surface area contributed by atoms with Gasteiger partial charge in [0.2, 0.25) is 11.0 Å². The highest BCUT2D eigenvalue weighted by Gasteiger charge is 2.22. The molecule has 2 atom stereocenters. The van der Waals surface area contributed by atoms with Crippen LogP contribution in [0.5, 0.6) is 0 Å². The van der Waals surface area contributed by atoms with Gasteiger partial charge in [-0.15, -0.1) is 10.2 Å². The standard InChI is InChI=1S/C20H28N4OS2/c1-13(2)15-8-10-16(11-9-15)21-19-23-24-20(27-19)26-12-18(25)22-17-7-5-4-6-14(17)3/h8-11,13-14,17H,4-7,12H2,1-3H3,(H,21,23)(H,22,25)/t14-,17+/m0/s1. The number of amides is 1. The number of hydrogen-bond acceptors (Lipinski definition) is 6. The van der Waals surface area contributed by atoms with E-state index in [2.05, 4.69) is 65.9 Å². The van der Waals surface area contributed by atoms with Crippen LogP contribution in [0.1, 0.15) is 57.9 Å². The van der Waals surface area contributed by atoms with Crippen LogP contribution < -0.4 is 10.6 Å². The second-order valence-corrected chi connectivity index (χ2v) is 9.70. The molecule has 146 valence electrons. The van der Waals surface area contributed by atoms with Gasteiger partial charge in [0.1, 0.15) is 0 Å². The topological polar surface area (TPSA) is 66.9 Å². The summed E-state index contributed by atoms with van der Waals surface area (Å²) >= 11 is 2.93. The molecular formula is C20H28N4OS2. The minimum atomic E-state index is 0.0905. The fraction of sp³-hybridized carbons (Fsp3) is 0.550. The molecule has 0 aliphatic heterocycles. The van der Waals surface area contributed by atoms with E-state index in [1.54, 1.807) is 0 Å². The molecule has 7 heteroatoms. The Morgan fingerprint density at radius 1 is 1.22 bits per heavy atom. The fourth-order valence-electron chi connectivity index (χ4n) is 3.30. The van der Waals surface area contributed by atoms with Gasteiger partial charge in [0.15, 0.2) is 4.34 Å². The predicted molar refractivity (Wildman–Crippen MR) is 114 cm³/mol. The lowest BCUT2D eigenvalue weighted by Gasteiger charge is -2.29. The van der Waals surface area contributed by atoms with Crippen LogP contribution in [0.4, 0.5) is 10.8 Å². The highest BCUT2D eigenvalue weighted by atomic mass is 32.2. The Bertz CT molecular complexity index is 745. The summed E-state index contributed by atoms with van der Waals surface area (Å²) in [6, 6.07) is 8.69. The van der Waals surface area contributed by atoms with E-state index in [4.69, 9.17) is 0 Å². The highest BCUT2D eigenvalue weighted by molar-refractivity contribution is 8.01. The fourth-order valence-corrected chi connectivity index (χ4v) is 4.88. The zero-order valence-electron chi connectivity index (χ0n) is 16.2. The van der Waals surface area contributed by atoms with Crippen molar-refractivity contribution in [3.63, 3.8) is 0 Å². The number of aromatic nitrogens is 2. The SMILES string of the molecule is CC(C)c1ccc(Nc2nnc(SCC(=O)N[C@@H]3CCCC[C@@H]3C)s2)cc1. The number of carbonyl (C=O) groups excluding carboxylic acids is 1. The van der Waals surface area contributed by atoms with Gasteiger partial charge in [-0.3, -0.25) is 4.79 Å². The Labute approximate surface area is 169 Å². The second kappa shape index (κ2) is 9.55. The minimum absolute atomic E-state index is 0.0905. The maximum Gasteiger partial charge on any atom is 0.230 e.